The molecule has 106 valence electrons. The van der Waals surface area contributed by atoms with Gasteiger partial charge in [0.15, 0.2) is 0 Å². The SMILES string of the molecule is CCC(NC1CCSc2ccc(F)cc21)c1ccco1. The lowest BCUT2D eigenvalue weighted by Gasteiger charge is -2.29. The molecule has 0 saturated carbocycles. The molecule has 1 N–H and O–H groups in total. The Morgan fingerprint density at radius 2 is 2.35 bits per heavy atom. The fourth-order valence-electron chi connectivity index (χ4n) is 2.67. The molecule has 0 bridgehead atoms. The summed E-state index contributed by atoms with van der Waals surface area (Å²) in [5.41, 5.74) is 1.08. The molecule has 1 aromatic carbocycles. The molecule has 0 aliphatic carbocycles. The van der Waals surface area contributed by atoms with E-state index in [0.717, 1.165) is 29.9 Å². The van der Waals surface area contributed by atoms with E-state index >= 15 is 0 Å². The third-order valence-corrected chi connectivity index (χ3v) is 4.83. The molecular weight excluding hydrogens is 273 g/mol. The topological polar surface area (TPSA) is 25.2 Å². The molecule has 2 heterocycles. The zero-order valence-corrected chi connectivity index (χ0v) is 12.3. The standard InChI is InChI=1S/C16H18FNOS/c1-2-13(15-4-3-8-19-15)18-14-7-9-20-16-6-5-11(17)10-12(14)16/h3-6,8,10,13-14,18H,2,7,9H2,1H3. The Labute approximate surface area is 122 Å². The predicted molar refractivity (Wildman–Crippen MR) is 79.4 cm³/mol. The first-order valence-corrected chi connectivity index (χ1v) is 7.98. The smallest absolute Gasteiger partial charge is 0.123 e. The molecule has 0 spiro atoms. The van der Waals surface area contributed by atoms with E-state index in [9.17, 15) is 4.39 Å². The van der Waals surface area contributed by atoms with Crippen LogP contribution in [0.25, 0.3) is 0 Å². The summed E-state index contributed by atoms with van der Waals surface area (Å²) in [6, 6.07) is 9.35. The Morgan fingerprint density at radius 1 is 1.45 bits per heavy atom. The minimum atomic E-state index is -0.163. The maximum absolute atomic E-state index is 13.5. The van der Waals surface area contributed by atoms with Gasteiger partial charge in [-0.1, -0.05) is 6.92 Å². The summed E-state index contributed by atoms with van der Waals surface area (Å²) in [6.07, 6.45) is 3.66. The first-order chi connectivity index (χ1) is 9.78. The molecule has 1 aromatic heterocycles. The Hall–Kier alpha value is -1.26. The molecule has 20 heavy (non-hydrogen) atoms. The number of hydrogen-bond donors (Lipinski definition) is 1. The number of thioether (sulfide) groups is 1. The number of furan rings is 1. The third-order valence-electron chi connectivity index (χ3n) is 3.71. The van der Waals surface area contributed by atoms with Crippen LogP contribution in [0.5, 0.6) is 0 Å². The molecule has 2 nitrogen and oxygen atoms in total. The minimum absolute atomic E-state index is 0.163. The highest BCUT2D eigenvalue weighted by Crippen LogP contribution is 2.38. The average Bonchev–Trinajstić information content (AvgIpc) is 2.99. The largest absolute Gasteiger partial charge is 0.468 e. The lowest BCUT2D eigenvalue weighted by molar-refractivity contribution is 0.359. The number of hydrogen-bond acceptors (Lipinski definition) is 3. The van der Waals surface area contributed by atoms with Gasteiger partial charge in [0.25, 0.3) is 0 Å². The summed E-state index contributed by atoms with van der Waals surface area (Å²) in [6.45, 7) is 2.13. The van der Waals surface area contributed by atoms with Crippen molar-refractivity contribution in [1.29, 1.82) is 0 Å². The van der Waals surface area contributed by atoms with Crippen LogP contribution in [0.1, 0.15) is 43.2 Å². The van der Waals surface area contributed by atoms with Gasteiger partial charge < -0.3 is 9.73 Å². The molecule has 2 atom stereocenters. The van der Waals surface area contributed by atoms with Crippen molar-refractivity contribution in [3.8, 4) is 0 Å². The van der Waals surface area contributed by atoms with E-state index in [4.69, 9.17) is 4.42 Å². The van der Waals surface area contributed by atoms with E-state index in [0.29, 0.717) is 0 Å². The van der Waals surface area contributed by atoms with Crippen molar-refractivity contribution in [3.05, 3.63) is 53.7 Å². The van der Waals surface area contributed by atoms with Crippen LogP contribution in [-0.4, -0.2) is 5.75 Å². The molecule has 1 aliphatic rings. The van der Waals surface area contributed by atoms with Crippen LogP contribution in [-0.2, 0) is 0 Å². The second kappa shape index (κ2) is 6.02. The van der Waals surface area contributed by atoms with Gasteiger partial charge >= 0.3 is 0 Å². The van der Waals surface area contributed by atoms with Crippen LogP contribution in [0.4, 0.5) is 4.39 Å². The van der Waals surface area contributed by atoms with Crippen LogP contribution in [0.2, 0.25) is 0 Å². The molecule has 1 aliphatic heterocycles. The van der Waals surface area contributed by atoms with Gasteiger partial charge in [0.1, 0.15) is 11.6 Å². The van der Waals surface area contributed by atoms with Crippen LogP contribution in [0.3, 0.4) is 0 Å². The van der Waals surface area contributed by atoms with Gasteiger partial charge in [-0.25, -0.2) is 4.39 Å². The molecule has 3 rings (SSSR count). The monoisotopic (exact) mass is 291 g/mol. The maximum atomic E-state index is 13.5. The summed E-state index contributed by atoms with van der Waals surface area (Å²) in [4.78, 5) is 1.18. The van der Waals surface area contributed by atoms with Crippen LogP contribution >= 0.6 is 11.8 Å². The molecule has 0 amide bonds. The first-order valence-electron chi connectivity index (χ1n) is 6.99. The van der Waals surface area contributed by atoms with Crippen molar-refractivity contribution >= 4 is 11.8 Å². The van der Waals surface area contributed by atoms with E-state index in [-0.39, 0.29) is 17.9 Å². The lowest BCUT2D eigenvalue weighted by atomic mass is 10.0. The molecule has 2 unspecified atom stereocenters. The normalized spacial score (nSPS) is 19.6. The van der Waals surface area contributed by atoms with Crippen molar-refractivity contribution in [3.63, 3.8) is 0 Å². The van der Waals surface area contributed by atoms with Gasteiger partial charge in [0.2, 0.25) is 0 Å². The number of rotatable bonds is 4. The van der Waals surface area contributed by atoms with E-state index < -0.39 is 0 Å². The summed E-state index contributed by atoms with van der Waals surface area (Å²) in [7, 11) is 0. The first kappa shape index (κ1) is 13.7. The Bertz CT molecular complexity index is 570. The highest BCUT2D eigenvalue weighted by molar-refractivity contribution is 7.99. The van der Waals surface area contributed by atoms with E-state index in [1.807, 2.05) is 18.2 Å². The van der Waals surface area contributed by atoms with Crippen molar-refractivity contribution in [1.82, 2.24) is 5.32 Å². The Balaban J connectivity index is 1.83. The van der Waals surface area contributed by atoms with Crippen molar-refractivity contribution in [2.24, 2.45) is 0 Å². The Morgan fingerprint density at radius 3 is 3.10 bits per heavy atom. The van der Waals surface area contributed by atoms with Crippen molar-refractivity contribution in [2.75, 3.05) is 5.75 Å². The molecule has 0 radical (unpaired) electrons. The van der Waals surface area contributed by atoms with Gasteiger partial charge in [-0.2, -0.15) is 0 Å². The van der Waals surface area contributed by atoms with Gasteiger partial charge in [0.05, 0.1) is 12.3 Å². The maximum Gasteiger partial charge on any atom is 0.123 e. The van der Waals surface area contributed by atoms with Gasteiger partial charge in [0, 0.05) is 10.9 Å². The Kier molecular flexibility index (Phi) is 4.13. The second-order valence-electron chi connectivity index (χ2n) is 5.01. The quantitative estimate of drug-likeness (QED) is 0.884. The minimum Gasteiger partial charge on any atom is -0.468 e. The number of nitrogens with one attached hydrogen (secondary N) is 1. The van der Waals surface area contributed by atoms with Gasteiger partial charge in [-0.15, -0.1) is 11.8 Å². The molecule has 4 heteroatoms. The van der Waals surface area contributed by atoms with Crippen molar-refractivity contribution < 1.29 is 8.81 Å². The predicted octanol–water partition coefficient (Wildman–Crippen LogP) is 4.70. The summed E-state index contributed by atoms with van der Waals surface area (Å²) < 4.78 is 19.0. The number of halogens is 1. The van der Waals surface area contributed by atoms with E-state index in [2.05, 4.69) is 12.2 Å². The highest BCUT2D eigenvalue weighted by atomic mass is 32.2. The fourth-order valence-corrected chi connectivity index (χ4v) is 3.78. The van der Waals surface area contributed by atoms with Crippen LogP contribution < -0.4 is 5.32 Å². The summed E-state index contributed by atoms with van der Waals surface area (Å²) >= 11 is 1.80. The van der Waals surface area contributed by atoms with Crippen LogP contribution in [0.15, 0.2) is 45.9 Å². The average molecular weight is 291 g/mol. The second-order valence-corrected chi connectivity index (χ2v) is 6.15. The van der Waals surface area contributed by atoms with Crippen LogP contribution in [0, 0.1) is 5.82 Å². The summed E-state index contributed by atoms with van der Waals surface area (Å²) in [5, 5.41) is 3.62. The molecule has 2 aromatic rings. The zero-order chi connectivity index (χ0) is 13.9. The van der Waals surface area contributed by atoms with Gasteiger partial charge in [-0.3, -0.25) is 0 Å². The highest BCUT2D eigenvalue weighted by Gasteiger charge is 2.24. The lowest BCUT2D eigenvalue weighted by Crippen LogP contribution is -2.28. The third kappa shape index (κ3) is 2.76. The zero-order valence-electron chi connectivity index (χ0n) is 11.4. The van der Waals surface area contributed by atoms with E-state index in [1.165, 1.54) is 11.0 Å². The van der Waals surface area contributed by atoms with Crippen molar-refractivity contribution in [2.45, 2.75) is 36.7 Å². The molecule has 0 fully saturated rings. The molecule has 0 saturated heterocycles. The fraction of sp³-hybridized carbons (Fsp3) is 0.375. The summed E-state index contributed by atoms with van der Waals surface area (Å²) in [5.74, 6) is 1.85. The van der Waals surface area contributed by atoms with E-state index in [1.54, 1.807) is 24.1 Å². The molecular formula is C16H18FNOS. The number of fused-ring (bicyclic) bond motifs is 1. The number of benzene rings is 1. The van der Waals surface area contributed by atoms with Gasteiger partial charge in [-0.05, 0) is 54.5 Å².